The number of pyridine rings is 1. The summed E-state index contributed by atoms with van der Waals surface area (Å²) in [5.74, 6) is -0.975. The van der Waals surface area contributed by atoms with Crippen molar-refractivity contribution < 1.29 is 14.6 Å². The molecule has 2 aromatic heterocycles. The third-order valence-electron chi connectivity index (χ3n) is 3.37. The van der Waals surface area contributed by atoms with E-state index in [0.29, 0.717) is 6.73 Å². The van der Waals surface area contributed by atoms with E-state index < -0.39 is 14.0 Å². The minimum absolute atomic E-state index is 0.408. The van der Waals surface area contributed by atoms with Gasteiger partial charge in [0, 0.05) is 48.6 Å². The van der Waals surface area contributed by atoms with Gasteiger partial charge in [-0.05, 0) is 34.1 Å². The van der Waals surface area contributed by atoms with Gasteiger partial charge < -0.3 is 14.4 Å². The summed E-state index contributed by atoms with van der Waals surface area (Å²) < 4.78 is 8.58. The van der Waals surface area contributed by atoms with Crippen molar-refractivity contribution in [1.29, 1.82) is 0 Å². The molecule has 0 amide bonds. The molecule has 0 aliphatic heterocycles. The summed E-state index contributed by atoms with van der Waals surface area (Å²) in [6.45, 7) is 8.08. The van der Waals surface area contributed by atoms with E-state index in [-0.39, 0.29) is 0 Å². The Kier molecular flexibility index (Phi) is 5.77. The summed E-state index contributed by atoms with van der Waals surface area (Å²) in [6, 6.07) is 2.95. The lowest BCUT2D eigenvalue weighted by Gasteiger charge is -2.15. The molecule has 7 heteroatoms. The van der Waals surface area contributed by atoms with Gasteiger partial charge in [0.05, 0.1) is 0 Å². The van der Waals surface area contributed by atoms with E-state index in [0.717, 1.165) is 39.8 Å². The van der Waals surface area contributed by atoms with Crippen LogP contribution in [0.15, 0.2) is 29.0 Å². The predicted octanol–water partition coefficient (Wildman–Crippen LogP) is 4.21. The molecule has 0 fully saturated rings. The van der Waals surface area contributed by atoms with E-state index in [9.17, 15) is 4.79 Å². The van der Waals surface area contributed by atoms with Gasteiger partial charge in [-0.25, -0.2) is 9.78 Å². The number of halogens is 1. The summed E-state index contributed by atoms with van der Waals surface area (Å²) in [5.41, 5.74) is 1.58. The molecule has 2 heterocycles. The van der Waals surface area contributed by atoms with Crippen LogP contribution in [0.2, 0.25) is 25.7 Å². The van der Waals surface area contributed by atoms with Crippen molar-refractivity contribution in [2.45, 2.75) is 32.4 Å². The fraction of sp³-hybridized carbons (Fsp3) is 0.375. The van der Waals surface area contributed by atoms with E-state index in [1.165, 1.54) is 0 Å². The first-order valence-corrected chi connectivity index (χ1v) is 11.9. The number of aromatic nitrogens is 2. The molecule has 0 aliphatic rings. The highest BCUT2D eigenvalue weighted by molar-refractivity contribution is 9.10. The fourth-order valence-corrected chi connectivity index (χ4v) is 3.41. The van der Waals surface area contributed by atoms with E-state index >= 15 is 0 Å². The van der Waals surface area contributed by atoms with Gasteiger partial charge in [0.2, 0.25) is 0 Å². The zero-order valence-corrected chi connectivity index (χ0v) is 16.1. The Labute approximate surface area is 145 Å². The molecule has 0 radical (unpaired) electrons. The highest BCUT2D eigenvalue weighted by Gasteiger charge is 2.14. The standard InChI is InChI=1S/C16H21BrN2O3Si/c1-23(2,3)9-8-22-11-19-10-12(4-5-14(20)21)15-13(17)6-7-18-16(15)19/h4-7,10H,8-9,11H2,1-3H3,(H,20,21)/b5-4+. The van der Waals surface area contributed by atoms with Crippen LogP contribution in [-0.2, 0) is 16.3 Å². The quantitative estimate of drug-likeness (QED) is 0.432. The molecule has 23 heavy (non-hydrogen) atoms. The molecular weight excluding hydrogens is 376 g/mol. The Hall–Kier alpha value is -1.44. The average molecular weight is 397 g/mol. The second kappa shape index (κ2) is 7.42. The molecule has 1 N–H and O–H groups in total. The van der Waals surface area contributed by atoms with Gasteiger partial charge in [-0.3, -0.25) is 0 Å². The third-order valence-corrected chi connectivity index (χ3v) is 5.73. The Bertz CT molecular complexity index is 735. The fourth-order valence-electron chi connectivity index (χ4n) is 2.13. The van der Waals surface area contributed by atoms with Gasteiger partial charge in [-0.2, -0.15) is 0 Å². The molecule has 5 nitrogen and oxygen atoms in total. The smallest absolute Gasteiger partial charge is 0.328 e. The van der Waals surface area contributed by atoms with Crippen molar-refractivity contribution in [1.82, 2.24) is 9.55 Å². The van der Waals surface area contributed by atoms with Crippen molar-refractivity contribution in [3.05, 3.63) is 34.6 Å². The number of carboxylic acid groups (broad SMARTS) is 1. The molecular formula is C16H21BrN2O3Si. The van der Waals surface area contributed by atoms with Gasteiger partial charge in [0.15, 0.2) is 0 Å². The highest BCUT2D eigenvalue weighted by atomic mass is 79.9. The molecule has 0 aliphatic carbocycles. The van der Waals surface area contributed by atoms with Crippen LogP contribution in [0.5, 0.6) is 0 Å². The Morgan fingerprint density at radius 1 is 1.48 bits per heavy atom. The zero-order chi connectivity index (χ0) is 17.0. The highest BCUT2D eigenvalue weighted by Crippen LogP contribution is 2.28. The van der Waals surface area contributed by atoms with Crippen molar-refractivity contribution in [3.63, 3.8) is 0 Å². The Morgan fingerprint density at radius 2 is 2.22 bits per heavy atom. The van der Waals surface area contributed by atoms with Crippen molar-refractivity contribution >= 4 is 47.1 Å². The summed E-state index contributed by atoms with van der Waals surface area (Å²) >= 11 is 3.51. The number of aliphatic carboxylic acids is 1. The van der Waals surface area contributed by atoms with Crippen LogP contribution in [0.3, 0.4) is 0 Å². The lowest BCUT2D eigenvalue weighted by molar-refractivity contribution is -0.131. The van der Waals surface area contributed by atoms with Crippen LogP contribution in [0.4, 0.5) is 0 Å². The molecule has 124 valence electrons. The molecule has 0 saturated heterocycles. The molecule has 0 atom stereocenters. The average Bonchev–Trinajstić information content (AvgIpc) is 2.80. The van der Waals surface area contributed by atoms with Crippen molar-refractivity contribution in [3.8, 4) is 0 Å². The van der Waals surface area contributed by atoms with Gasteiger partial charge in [0.1, 0.15) is 12.4 Å². The first kappa shape index (κ1) is 17.9. The van der Waals surface area contributed by atoms with Crippen LogP contribution in [0, 0.1) is 0 Å². The molecule has 0 aromatic carbocycles. The SMILES string of the molecule is C[Si](C)(C)CCOCn1cc(/C=C/C(=O)O)c2c(Br)ccnc21. The van der Waals surface area contributed by atoms with E-state index in [4.69, 9.17) is 9.84 Å². The number of nitrogens with zero attached hydrogens (tertiary/aromatic N) is 2. The zero-order valence-electron chi connectivity index (χ0n) is 13.5. The predicted molar refractivity (Wildman–Crippen MR) is 98.2 cm³/mol. The molecule has 2 rings (SSSR count). The maximum Gasteiger partial charge on any atom is 0.328 e. The van der Waals surface area contributed by atoms with Gasteiger partial charge in [0.25, 0.3) is 0 Å². The maximum absolute atomic E-state index is 10.8. The van der Waals surface area contributed by atoms with Gasteiger partial charge >= 0.3 is 5.97 Å². The summed E-state index contributed by atoms with van der Waals surface area (Å²) in [7, 11) is -1.11. The number of ether oxygens (including phenoxy) is 1. The number of carboxylic acids is 1. The lowest BCUT2D eigenvalue weighted by Crippen LogP contribution is -2.22. The Morgan fingerprint density at radius 3 is 2.87 bits per heavy atom. The van der Waals surface area contributed by atoms with E-state index in [1.54, 1.807) is 12.3 Å². The molecule has 0 unspecified atom stereocenters. The van der Waals surface area contributed by atoms with Crippen LogP contribution >= 0.6 is 15.9 Å². The summed E-state index contributed by atoms with van der Waals surface area (Å²) in [6.07, 6.45) is 6.30. The van der Waals surface area contributed by atoms with Crippen molar-refractivity contribution in [2.75, 3.05) is 6.61 Å². The van der Waals surface area contributed by atoms with Crippen LogP contribution < -0.4 is 0 Å². The molecule has 0 spiro atoms. The minimum Gasteiger partial charge on any atom is -0.478 e. The monoisotopic (exact) mass is 396 g/mol. The first-order valence-electron chi connectivity index (χ1n) is 7.40. The number of hydrogen-bond donors (Lipinski definition) is 1. The number of carbonyl (C=O) groups is 1. The maximum atomic E-state index is 10.8. The van der Waals surface area contributed by atoms with Gasteiger partial charge in [-0.15, -0.1) is 0 Å². The molecule has 2 aromatic rings. The number of rotatable bonds is 7. The summed E-state index contributed by atoms with van der Waals surface area (Å²) in [4.78, 5) is 15.2. The summed E-state index contributed by atoms with van der Waals surface area (Å²) in [5, 5.41) is 9.72. The number of fused-ring (bicyclic) bond motifs is 1. The Balaban J connectivity index is 2.23. The molecule has 0 saturated carbocycles. The van der Waals surface area contributed by atoms with E-state index in [1.807, 2.05) is 16.8 Å². The lowest BCUT2D eigenvalue weighted by atomic mass is 10.2. The second-order valence-electron chi connectivity index (χ2n) is 6.57. The van der Waals surface area contributed by atoms with Crippen LogP contribution in [0.25, 0.3) is 17.1 Å². The third kappa shape index (κ3) is 5.02. The van der Waals surface area contributed by atoms with Gasteiger partial charge in [-0.1, -0.05) is 19.6 Å². The second-order valence-corrected chi connectivity index (χ2v) is 13.0. The minimum atomic E-state index is -1.11. The number of hydrogen-bond acceptors (Lipinski definition) is 3. The normalized spacial score (nSPS) is 12.3. The van der Waals surface area contributed by atoms with E-state index in [2.05, 4.69) is 40.6 Å². The van der Waals surface area contributed by atoms with Crippen LogP contribution in [-0.4, -0.2) is 35.3 Å². The van der Waals surface area contributed by atoms with Crippen molar-refractivity contribution in [2.24, 2.45) is 0 Å². The molecule has 0 bridgehead atoms. The first-order chi connectivity index (χ1) is 10.8. The largest absolute Gasteiger partial charge is 0.478 e. The topological polar surface area (TPSA) is 64.3 Å². The van der Waals surface area contributed by atoms with Crippen LogP contribution in [0.1, 0.15) is 5.56 Å².